The van der Waals surface area contributed by atoms with E-state index in [0.717, 1.165) is 5.56 Å². The molecule has 2 N–H and O–H groups in total. The lowest BCUT2D eigenvalue weighted by molar-refractivity contribution is -0.157. The number of para-hydroxylation sites is 1. The number of benzene rings is 1. The molecule has 18 heavy (non-hydrogen) atoms. The Kier molecular flexibility index (Phi) is 4.17. The van der Waals surface area contributed by atoms with Gasteiger partial charge >= 0.3 is 0 Å². The summed E-state index contributed by atoms with van der Waals surface area (Å²) >= 11 is 0. The number of nitrogens with two attached hydrogens (primary N) is 1. The van der Waals surface area contributed by atoms with Crippen molar-refractivity contribution in [3.05, 3.63) is 29.8 Å². The summed E-state index contributed by atoms with van der Waals surface area (Å²) in [4.78, 5) is 13.7. The average Bonchev–Trinajstić information content (AvgIpc) is 2.41. The maximum absolute atomic E-state index is 12.1. The van der Waals surface area contributed by atoms with Gasteiger partial charge in [0.1, 0.15) is 0 Å². The van der Waals surface area contributed by atoms with Crippen molar-refractivity contribution in [3.63, 3.8) is 0 Å². The lowest BCUT2D eigenvalue weighted by Crippen LogP contribution is -2.43. The van der Waals surface area contributed by atoms with Crippen LogP contribution in [0, 0.1) is 0 Å². The maximum atomic E-state index is 12.1. The molecule has 98 valence electrons. The van der Waals surface area contributed by atoms with Crippen LogP contribution in [0.25, 0.3) is 0 Å². The minimum Gasteiger partial charge on any atom is -0.398 e. The molecule has 5 heteroatoms. The van der Waals surface area contributed by atoms with E-state index in [2.05, 4.69) is 0 Å². The number of hydrogen-bond acceptors (Lipinski definition) is 4. The molecule has 0 radical (unpaired) electrons. The second-order valence-electron chi connectivity index (χ2n) is 4.33. The van der Waals surface area contributed by atoms with E-state index in [1.807, 2.05) is 24.3 Å². The number of ether oxygens (including phenoxy) is 2. The normalized spacial score (nSPS) is 19.5. The molecule has 0 spiro atoms. The molecule has 1 aliphatic rings. The SMILES string of the molecule is CN(Cc1ccccc1N)C(=O)C1COCCO1. The van der Waals surface area contributed by atoms with E-state index in [0.29, 0.717) is 32.1 Å². The van der Waals surface area contributed by atoms with Gasteiger partial charge in [-0.15, -0.1) is 0 Å². The molecule has 1 heterocycles. The maximum Gasteiger partial charge on any atom is 0.254 e. The summed E-state index contributed by atoms with van der Waals surface area (Å²) < 4.78 is 10.6. The third-order valence-corrected chi connectivity index (χ3v) is 2.93. The number of nitrogens with zero attached hydrogens (tertiary/aromatic N) is 1. The Morgan fingerprint density at radius 2 is 2.22 bits per heavy atom. The van der Waals surface area contributed by atoms with E-state index in [9.17, 15) is 4.79 Å². The molecule has 0 aliphatic carbocycles. The number of anilines is 1. The van der Waals surface area contributed by atoms with Crippen LogP contribution in [0.2, 0.25) is 0 Å². The molecule has 1 atom stereocenters. The van der Waals surface area contributed by atoms with Gasteiger partial charge in [0.05, 0.1) is 19.8 Å². The van der Waals surface area contributed by atoms with Crippen molar-refractivity contribution >= 4 is 11.6 Å². The van der Waals surface area contributed by atoms with Crippen LogP contribution in [0.4, 0.5) is 5.69 Å². The zero-order valence-electron chi connectivity index (χ0n) is 10.5. The number of carbonyl (C=O) groups is 1. The highest BCUT2D eigenvalue weighted by Gasteiger charge is 2.25. The van der Waals surface area contributed by atoms with E-state index < -0.39 is 6.10 Å². The van der Waals surface area contributed by atoms with Crippen molar-refractivity contribution in [1.82, 2.24) is 4.90 Å². The first-order valence-corrected chi connectivity index (χ1v) is 5.96. The number of nitrogen functional groups attached to an aromatic ring is 1. The van der Waals surface area contributed by atoms with Gasteiger partial charge in [0.15, 0.2) is 6.10 Å². The summed E-state index contributed by atoms with van der Waals surface area (Å²) in [6.45, 7) is 1.83. The highest BCUT2D eigenvalue weighted by molar-refractivity contribution is 5.81. The van der Waals surface area contributed by atoms with Gasteiger partial charge in [-0.05, 0) is 11.6 Å². The lowest BCUT2D eigenvalue weighted by Gasteiger charge is -2.27. The topological polar surface area (TPSA) is 64.8 Å². The van der Waals surface area contributed by atoms with Gasteiger partial charge in [-0.1, -0.05) is 18.2 Å². The number of rotatable bonds is 3. The summed E-state index contributed by atoms with van der Waals surface area (Å²) in [6, 6.07) is 7.52. The Labute approximate surface area is 106 Å². The van der Waals surface area contributed by atoms with Gasteiger partial charge < -0.3 is 20.1 Å². The summed E-state index contributed by atoms with van der Waals surface area (Å²) in [5, 5.41) is 0. The van der Waals surface area contributed by atoms with Gasteiger partial charge in [-0.25, -0.2) is 0 Å². The molecule has 0 bridgehead atoms. The molecule has 2 rings (SSSR count). The lowest BCUT2D eigenvalue weighted by atomic mass is 10.1. The quantitative estimate of drug-likeness (QED) is 0.800. The van der Waals surface area contributed by atoms with Crippen molar-refractivity contribution in [2.75, 3.05) is 32.6 Å². The predicted molar refractivity (Wildman–Crippen MR) is 67.9 cm³/mol. The number of likely N-dealkylation sites (N-methyl/N-ethyl adjacent to an activating group) is 1. The van der Waals surface area contributed by atoms with E-state index in [4.69, 9.17) is 15.2 Å². The first-order chi connectivity index (χ1) is 8.68. The smallest absolute Gasteiger partial charge is 0.254 e. The number of hydrogen-bond donors (Lipinski definition) is 1. The third kappa shape index (κ3) is 3.00. The number of amides is 1. The minimum atomic E-state index is -0.492. The van der Waals surface area contributed by atoms with Crippen LogP contribution in [0.1, 0.15) is 5.56 Å². The van der Waals surface area contributed by atoms with E-state index in [1.54, 1.807) is 11.9 Å². The molecule has 1 aromatic carbocycles. The van der Waals surface area contributed by atoms with Crippen LogP contribution in [0.5, 0.6) is 0 Å². The molecule has 0 aromatic heterocycles. The van der Waals surface area contributed by atoms with Gasteiger partial charge in [0.2, 0.25) is 0 Å². The Morgan fingerprint density at radius 1 is 1.44 bits per heavy atom. The van der Waals surface area contributed by atoms with Crippen molar-refractivity contribution in [3.8, 4) is 0 Å². The highest BCUT2D eigenvalue weighted by Crippen LogP contribution is 2.14. The zero-order chi connectivity index (χ0) is 13.0. The molecule has 1 fully saturated rings. The van der Waals surface area contributed by atoms with Gasteiger partial charge in [-0.2, -0.15) is 0 Å². The Balaban J connectivity index is 1.96. The summed E-state index contributed by atoms with van der Waals surface area (Å²) in [6.07, 6.45) is -0.492. The standard InChI is InChI=1S/C13H18N2O3/c1-15(8-10-4-2-3-5-11(10)14)13(16)12-9-17-6-7-18-12/h2-5,12H,6-9,14H2,1H3. The van der Waals surface area contributed by atoms with Crippen molar-refractivity contribution in [2.24, 2.45) is 0 Å². The Bertz CT molecular complexity index is 416. The fourth-order valence-electron chi connectivity index (χ4n) is 1.89. The third-order valence-electron chi connectivity index (χ3n) is 2.93. The van der Waals surface area contributed by atoms with Gasteiger partial charge in [0, 0.05) is 19.3 Å². The Morgan fingerprint density at radius 3 is 2.89 bits per heavy atom. The highest BCUT2D eigenvalue weighted by atomic mass is 16.6. The second kappa shape index (κ2) is 5.84. The molecule has 1 aromatic rings. The number of carbonyl (C=O) groups excluding carboxylic acids is 1. The van der Waals surface area contributed by atoms with Gasteiger partial charge in [0.25, 0.3) is 5.91 Å². The first-order valence-electron chi connectivity index (χ1n) is 5.96. The van der Waals surface area contributed by atoms with Crippen molar-refractivity contribution in [1.29, 1.82) is 0 Å². The summed E-state index contributed by atoms with van der Waals surface area (Å²) in [5.74, 6) is -0.0713. The van der Waals surface area contributed by atoms with E-state index in [-0.39, 0.29) is 5.91 Å². The molecular formula is C13H18N2O3. The van der Waals surface area contributed by atoms with Crippen LogP contribution in [0.15, 0.2) is 24.3 Å². The first kappa shape index (κ1) is 12.9. The molecule has 1 amide bonds. The summed E-state index contributed by atoms with van der Waals surface area (Å²) in [5.41, 5.74) is 7.48. The Hall–Kier alpha value is -1.59. The van der Waals surface area contributed by atoms with E-state index in [1.165, 1.54) is 0 Å². The summed E-state index contributed by atoms with van der Waals surface area (Å²) in [7, 11) is 1.74. The van der Waals surface area contributed by atoms with Gasteiger partial charge in [-0.3, -0.25) is 4.79 Å². The van der Waals surface area contributed by atoms with Crippen molar-refractivity contribution in [2.45, 2.75) is 12.6 Å². The van der Waals surface area contributed by atoms with Crippen LogP contribution in [0.3, 0.4) is 0 Å². The fraction of sp³-hybridized carbons (Fsp3) is 0.462. The molecular weight excluding hydrogens is 232 g/mol. The van der Waals surface area contributed by atoms with Crippen LogP contribution in [-0.2, 0) is 20.8 Å². The van der Waals surface area contributed by atoms with Crippen LogP contribution < -0.4 is 5.73 Å². The average molecular weight is 250 g/mol. The zero-order valence-corrected chi connectivity index (χ0v) is 10.5. The largest absolute Gasteiger partial charge is 0.398 e. The van der Waals surface area contributed by atoms with Crippen LogP contribution in [-0.4, -0.2) is 43.8 Å². The fourth-order valence-corrected chi connectivity index (χ4v) is 1.89. The predicted octanol–water partition coefficient (Wildman–Crippen LogP) is 0.643. The van der Waals surface area contributed by atoms with E-state index >= 15 is 0 Å². The molecule has 1 aliphatic heterocycles. The molecule has 1 saturated heterocycles. The monoisotopic (exact) mass is 250 g/mol. The molecule has 0 saturated carbocycles. The van der Waals surface area contributed by atoms with Crippen molar-refractivity contribution < 1.29 is 14.3 Å². The second-order valence-corrected chi connectivity index (χ2v) is 4.33. The van der Waals surface area contributed by atoms with Crippen LogP contribution >= 0.6 is 0 Å². The minimum absolute atomic E-state index is 0.0713. The molecule has 5 nitrogen and oxygen atoms in total. The molecule has 1 unspecified atom stereocenters.